The van der Waals surface area contributed by atoms with Gasteiger partial charge in [0.25, 0.3) is 0 Å². The fourth-order valence-electron chi connectivity index (χ4n) is 3.34. The molecule has 2 heterocycles. The monoisotopic (exact) mass is 431 g/mol. The van der Waals surface area contributed by atoms with Crippen LogP contribution in [-0.2, 0) is 14.8 Å². The van der Waals surface area contributed by atoms with E-state index in [9.17, 15) is 13.2 Å². The average molecular weight is 432 g/mol. The highest BCUT2D eigenvalue weighted by atomic mass is 35.5. The van der Waals surface area contributed by atoms with Crippen LogP contribution in [0, 0.1) is 0 Å². The van der Waals surface area contributed by atoms with Crippen molar-refractivity contribution in [3.8, 4) is 0 Å². The summed E-state index contributed by atoms with van der Waals surface area (Å²) in [7, 11) is -3.71. The molecular formula is C20H18ClN3O4S. The molecule has 3 aromatic rings. The Hall–Kier alpha value is -2.52. The summed E-state index contributed by atoms with van der Waals surface area (Å²) in [6.07, 6.45) is -0.617. The number of sulfonamides is 1. The molecule has 9 heteroatoms. The molecule has 4 rings (SSSR count). The number of fused-ring (bicyclic) bond motifs is 1. The van der Waals surface area contributed by atoms with E-state index in [1.165, 1.54) is 28.6 Å². The summed E-state index contributed by atoms with van der Waals surface area (Å²) >= 11 is 5.86. The molecule has 2 aromatic carbocycles. The number of hydrogen-bond acceptors (Lipinski definition) is 5. The van der Waals surface area contributed by atoms with Gasteiger partial charge in [0.1, 0.15) is 6.10 Å². The number of amides is 1. The zero-order valence-corrected chi connectivity index (χ0v) is 16.9. The minimum absolute atomic E-state index is 0.0779. The third-order valence-electron chi connectivity index (χ3n) is 4.81. The number of carbonyl (C=O) groups excluding carboxylic acids is 1. The quantitative estimate of drug-likeness (QED) is 0.684. The summed E-state index contributed by atoms with van der Waals surface area (Å²) in [5.74, 6) is -0.577. The van der Waals surface area contributed by atoms with E-state index >= 15 is 0 Å². The molecule has 0 radical (unpaired) electrons. The van der Waals surface area contributed by atoms with Crippen LogP contribution in [0.3, 0.4) is 0 Å². The van der Waals surface area contributed by atoms with Crippen molar-refractivity contribution in [2.75, 3.05) is 19.7 Å². The molecule has 0 aliphatic carbocycles. The predicted octanol–water partition coefficient (Wildman–Crippen LogP) is 2.75. The number of morpholine rings is 1. The third kappa shape index (κ3) is 3.84. The summed E-state index contributed by atoms with van der Waals surface area (Å²) in [6.45, 7) is 0.504. The van der Waals surface area contributed by atoms with Crippen LogP contribution in [-0.4, -0.2) is 43.3 Å². The first kappa shape index (κ1) is 19.8. The number of ether oxygens (including phenoxy) is 1. The number of benzene rings is 2. The smallest absolute Gasteiger partial charge is 0.249 e. The Morgan fingerprint density at radius 3 is 2.62 bits per heavy atom. The van der Waals surface area contributed by atoms with Crippen molar-refractivity contribution in [1.29, 1.82) is 0 Å². The van der Waals surface area contributed by atoms with E-state index < -0.39 is 22.0 Å². The SMILES string of the molecule is NC(=O)c1cc([C@@H]2CN(S(=O)(=O)c3ccc(Cl)cc3)CCO2)nc2ccccc12. The van der Waals surface area contributed by atoms with Gasteiger partial charge in [-0.15, -0.1) is 0 Å². The van der Waals surface area contributed by atoms with Gasteiger partial charge in [0.2, 0.25) is 15.9 Å². The van der Waals surface area contributed by atoms with Crippen molar-refractivity contribution in [3.05, 3.63) is 70.9 Å². The second kappa shape index (κ2) is 7.72. The maximum absolute atomic E-state index is 13.0. The van der Waals surface area contributed by atoms with E-state index in [0.29, 0.717) is 27.2 Å². The molecule has 1 atom stereocenters. The van der Waals surface area contributed by atoms with Crippen LogP contribution in [0.1, 0.15) is 22.2 Å². The Morgan fingerprint density at radius 2 is 1.90 bits per heavy atom. The number of rotatable bonds is 4. The third-order valence-corrected chi connectivity index (χ3v) is 6.94. The molecule has 29 heavy (non-hydrogen) atoms. The van der Waals surface area contributed by atoms with E-state index in [4.69, 9.17) is 22.1 Å². The highest BCUT2D eigenvalue weighted by molar-refractivity contribution is 7.89. The number of pyridine rings is 1. The molecule has 1 fully saturated rings. The van der Waals surface area contributed by atoms with Gasteiger partial charge in [-0.2, -0.15) is 4.31 Å². The first-order chi connectivity index (χ1) is 13.9. The van der Waals surface area contributed by atoms with Gasteiger partial charge in [0, 0.05) is 23.5 Å². The molecule has 1 aromatic heterocycles. The lowest BCUT2D eigenvalue weighted by atomic mass is 10.0. The maximum atomic E-state index is 13.0. The number of nitrogens with two attached hydrogens (primary N) is 1. The molecule has 1 aliphatic rings. The minimum atomic E-state index is -3.71. The van der Waals surface area contributed by atoms with Gasteiger partial charge in [-0.05, 0) is 36.4 Å². The number of halogens is 1. The summed E-state index contributed by atoms with van der Waals surface area (Å²) in [6, 6.07) is 14.8. The summed E-state index contributed by atoms with van der Waals surface area (Å²) in [5, 5.41) is 1.10. The molecular weight excluding hydrogens is 414 g/mol. The predicted molar refractivity (Wildman–Crippen MR) is 109 cm³/mol. The second-order valence-electron chi connectivity index (χ2n) is 6.65. The Balaban J connectivity index is 1.68. The fraction of sp³-hybridized carbons (Fsp3) is 0.200. The normalized spacial score (nSPS) is 18.0. The van der Waals surface area contributed by atoms with Gasteiger partial charge in [0.05, 0.1) is 28.3 Å². The van der Waals surface area contributed by atoms with Crippen LogP contribution in [0.25, 0.3) is 10.9 Å². The molecule has 1 aliphatic heterocycles. The Kier molecular flexibility index (Phi) is 5.26. The van der Waals surface area contributed by atoms with Gasteiger partial charge in [-0.25, -0.2) is 13.4 Å². The first-order valence-corrected chi connectivity index (χ1v) is 10.7. The number of hydrogen-bond donors (Lipinski definition) is 1. The molecule has 7 nitrogen and oxygen atoms in total. The van der Waals surface area contributed by atoms with Crippen LogP contribution in [0.4, 0.5) is 0 Å². The molecule has 0 bridgehead atoms. The highest BCUT2D eigenvalue weighted by Crippen LogP contribution is 2.28. The summed E-state index contributed by atoms with van der Waals surface area (Å²) < 4.78 is 33.1. The van der Waals surface area contributed by atoms with E-state index in [0.717, 1.165) is 0 Å². The lowest BCUT2D eigenvalue weighted by Gasteiger charge is -2.32. The van der Waals surface area contributed by atoms with Crippen LogP contribution in [0.5, 0.6) is 0 Å². The van der Waals surface area contributed by atoms with Crippen LogP contribution in [0.15, 0.2) is 59.5 Å². The molecule has 1 amide bonds. The second-order valence-corrected chi connectivity index (χ2v) is 9.03. The lowest BCUT2D eigenvalue weighted by molar-refractivity contribution is -0.00479. The molecule has 0 saturated carbocycles. The van der Waals surface area contributed by atoms with Crippen LogP contribution in [0.2, 0.25) is 5.02 Å². The van der Waals surface area contributed by atoms with Crippen molar-refractivity contribution in [3.63, 3.8) is 0 Å². The van der Waals surface area contributed by atoms with E-state index in [1.54, 1.807) is 24.3 Å². The van der Waals surface area contributed by atoms with Crippen molar-refractivity contribution in [1.82, 2.24) is 9.29 Å². The molecule has 2 N–H and O–H groups in total. The molecule has 0 spiro atoms. The van der Waals surface area contributed by atoms with E-state index in [2.05, 4.69) is 4.98 Å². The number of nitrogens with zero attached hydrogens (tertiary/aromatic N) is 2. The van der Waals surface area contributed by atoms with E-state index in [1.807, 2.05) is 6.07 Å². The zero-order valence-electron chi connectivity index (χ0n) is 15.3. The van der Waals surface area contributed by atoms with Gasteiger partial charge in [-0.3, -0.25) is 4.79 Å². The fourth-order valence-corrected chi connectivity index (χ4v) is 4.89. The largest absolute Gasteiger partial charge is 0.369 e. The van der Waals surface area contributed by atoms with Crippen LogP contribution < -0.4 is 5.73 Å². The molecule has 1 saturated heterocycles. The number of primary amides is 1. The Bertz CT molecular complexity index is 1180. The zero-order chi connectivity index (χ0) is 20.6. The highest BCUT2D eigenvalue weighted by Gasteiger charge is 2.32. The summed E-state index contributed by atoms with van der Waals surface area (Å²) in [5.41, 5.74) is 6.93. The van der Waals surface area contributed by atoms with Crippen molar-refractivity contribution < 1.29 is 17.9 Å². The Labute approximate surface area is 173 Å². The average Bonchev–Trinajstić information content (AvgIpc) is 2.73. The van der Waals surface area contributed by atoms with Gasteiger partial charge in [-0.1, -0.05) is 29.8 Å². The van der Waals surface area contributed by atoms with Crippen molar-refractivity contribution in [2.45, 2.75) is 11.0 Å². The summed E-state index contributed by atoms with van der Waals surface area (Å²) in [4.78, 5) is 16.7. The van der Waals surface area contributed by atoms with Crippen LogP contribution >= 0.6 is 11.6 Å². The van der Waals surface area contributed by atoms with Crippen molar-refractivity contribution >= 4 is 38.4 Å². The topological polar surface area (TPSA) is 103 Å². The van der Waals surface area contributed by atoms with Gasteiger partial charge < -0.3 is 10.5 Å². The maximum Gasteiger partial charge on any atom is 0.249 e. The number of para-hydroxylation sites is 1. The number of carbonyl (C=O) groups is 1. The number of aromatic nitrogens is 1. The minimum Gasteiger partial charge on any atom is -0.369 e. The lowest BCUT2D eigenvalue weighted by Crippen LogP contribution is -2.42. The van der Waals surface area contributed by atoms with Gasteiger partial charge in [0.15, 0.2) is 0 Å². The van der Waals surface area contributed by atoms with Crippen molar-refractivity contribution in [2.24, 2.45) is 5.73 Å². The standard InChI is InChI=1S/C20H18ClN3O4S/c21-13-5-7-14(8-6-13)29(26,27)24-9-10-28-19(12-24)18-11-16(20(22)25)15-3-1-2-4-17(15)23-18/h1-8,11,19H,9-10,12H2,(H2,22,25)/t19-/m0/s1. The molecule has 0 unspecified atom stereocenters. The first-order valence-electron chi connectivity index (χ1n) is 8.93. The van der Waals surface area contributed by atoms with Gasteiger partial charge >= 0.3 is 0 Å². The molecule has 150 valence electrons. The Morgan fingerprint density at radius 1 is 1.17 bits per heavy atom. The van der Waals surface area contributed by atoms with E-state index in [-0.39, 0.29) is 24.6 Å².